The van der Waals surface area contributed by atoms with Crippen molar-refractivity contribution < 1.29 is 31.1 Å². The molecule has 0 aromatic rings. The number of ether oxygens (including phenoxy) is 1. The van der Waals surface area contributed by atoms with Crippen LogP contribution in [0.25, 0.3) is 0 Å². The van der Waals surface area contributed by atoms with Crippen LogP contribution in [0.3, 0.4) is 0 Å². The molecule has 0 aromatic carbocycles. The Morgan fingerprint density at radius 2 is 1.62 bits per heavy atom. The van der Waals surface area contributed by atoms with Gasteiger partial charge >= 0.3 is 21.5 Å². The Kier molecular flexibility index (Phi) is 7.75. The summed E-state index contributed by atoms with van der Waals surface area (Å²) in [6, 6.07) is 0. The molecule has 0 spiro atoms. The average Bonchev–Trinajstić information content (AvgIpc) is 2.34. The SMILES string of the molecule is CC(C)CC(C)(C(=O)OCCCNS(=O)(=O)C(F)(F)F)C(C)(C)C. The maximum atomic E-state index is 12.4. The van der Waals surface area contributed by atoms with Crippen LogP contribution in [0.4, 0.5) is 13.2 Å². The van der Waals surface area contributed by atoms with E-state index in [1.54, 1.807) is 0 Å². The highest BCUT2D eigenvalue weighted by Crippen LogP contribution is 2.44. The van der Waals surface area contributed by atoms with Crippen LogP contribution in [0.5, 0.6) is 0 Å². The van der Waals surface area contributed by atoms with Gasteiger partial charge in [-0.1, -0.05) is 34.6 Å². The third-order valence-corrected chi connectivity index (χ3v) is 5.27. The topological polar surface area (TPSA) is 72.5 Å². The first-order valence-corrected chi connectivity index (χ1v) is 9.26. The number of rotatable bonds is 8. The second-order valence-electron chi connectivity index (χ2n) is 7.51. The summed E-state index contributed by atoms with van der Waals surface area (Å²) in [6.07, 6.45) is 0.568. The quantitative estimate of drug-likeness (QED) is 0.521. The van der Waals surface area contributed by atoms with Crippen LogP contribution < -0.4 is 4.72 Å². The molecule has 0 saturated carbocycles. The molecule has 0 radical (unpaired) electrons. The Morgan fingerprint density at radius 1 is 1.12 bits per heavy atom. The summed E-state index contributed by atoms with van der Waals surface area (Å²) in [5, 5.41) is 0. The van der Waals surface area contributed by atoms with E-state index in [0.717, 1.165) is 0 Å². The van der Waals surface area contributed by atoms with Crippen LogP contribution in [0.1, 0.15) is 54.4 Å². The summed E-state index contributed by atoms with van der Waals surface area (Å²) in [7, 11) is -5.36. The molecule has 1 unspecified atom stereocenters. The standard InChI is InChI=1S/C15H28F3NO4S/c1-11(2)10-14(6,13(3,4)5)12(20)23-9-7-8-19-24(21,22)15(16,17)18/h11,19H,7-10H2,1-6H3. The van der Waals surface area contributed by atoms with Gasteiger partial charge in [0, 0.05) is 6.54 Å². The molecule has 0 aliphatic carbocycles. The van der Waals surface area contributed by atoms with E-state index in [0.29, 0.717) is 6.42 Å². The number of carbonyl (C=O) groups is 1. The lowest BCUT2D eigenvalue weighted by atomic mass is 9.64. The van der Waals surface area contributed by atoms with Crippen LogP contribution in [0.2, 0.25) is 0 Å². The highest BCUT2D eigenvalue weighted by molar-refractivity contribution is 7.90. The third-order valence-electron chi connectivity index (χ3n) is 4.07. The number of sulfonamides is 1. The Balaban J connectivity index is 4.58. The summed E-state index contributed by atoms with van der Waals surface area (Å²) in [5.41, 5.74) is -6.44. The van der Waals surface area contributed by atoms with Gasteiger partial charge in [0.2, 0.25) is 0 Å². The molecule has 0 heterocycles. The van der Waals surface area contributed by atoms with Gasteiger partial charge in [0.1, 0.15) is 0 Å². The van der Waals surface area contributed by atoms with E-state index in [4.69, 9.17) is 4.74 Å². The molecule has 0 rings (SSSR count). The zero-order chi connectivity index (χ0) is 19.4. The fourth-order valence-corrected chi connectivity index (χ4v) is 2.77. The Morgan fingerprint density at radius 3 is 2.00 bits per heavy atom. The molecule has 144 valence electrons. The molecule has 0 bridgehead atoms. The smallest absolute Gasteiger partial charge is 0.465 e. The minimum absolute atomic E-state index is 0.0387. The second-order valence-corrected chi connectivity index (χ2v) is 9.27. The maximum Gasteiger partial charge on any atom is 0.511 e. The molecule has 24 heavy (non-hydrogen) atoms. The minimum Gasteiger partial charge on any atom is -0.465 e. The predicted octanol–water partition coefficient (Wildman–Crippen LogP) is 3.46. The summed E-state index contributed by atoms with van der Waals surface area (Å²) in [5.74, 6) is -0.164. The van der Waals surface area contributed by atoms with Gasteiger partial charge in [-0.15, -0.1) is 0 Å². The lowest BCUT2D eigenvalue weighted by molar-refractivity contribution is -0.163. The number of esters is 1. The molecule has 0 aliphatic rings. The molecule has 9 heteroatoms. The van der Waals surface area contributed by atoms with Crippen molar-refractivity contribution in [3.8, 4) is 0 Å². The van der Waals surface area contributed by atoms with Crippen LogP contribution in [-0.2, 0) is 19.6 Å². The fraction of sp³-hybridized carbons (Fsp3) is 0.933. The van der Waals surface area contributed by atoms with Gasteiger partial charge < -0.3 is 4.74 Å². The van der Waals surface area contributed by atoms with Gasteiger partial charge in [-0.05, 0) is 31.1 Å². The molecule has 0 aliphatic heterocycles. The summed E-state index contributed by atoms with van der Waals surface area (Å²) >= 11 is 0. The van der Waals surface area contributed by atoms with Crippen LogP contribution in [0.15, 0.2) is 0 Å². The van der Waals surface area contributed by atoms with Crippen molar-refractivity contribution >= 4 is 16.0 Å². The van der Waals surface area contributed by atoms with Crippen LogP contribution >= 0.6 is 0 Å². The van der Waals surface area contributed by atoms with E-state index >= 15 is 0 Å². The van der Waals surface area contributed by atoms with Crippen molar-refractivity contribution in [2.24, 2.45) is 16.7 Å². The van der Waals surface area contributed by atoms with E-state index in [9.17, 15) is 26.4 Å². The molecule has 0 saturated heterocycles. The number of hydrogen-bond acceptors (Lipinski definition) is 4. The number of alkyl halides is 3. The van der Waals surface area contributed by atoms with Crippen LogP contribution in [-0.4, -0.2) is 33.0 Å². The lowest BCUT2D eigenvalue weighted by Gasteiger charge is -2.40. The van der Waals surface area contributed by atoms with Crippen molar-refractivity contribution in [2.45, 2.75) is 59.9 Å². The average molecular weight is 375 g/mol. The van der Waals surface area contributed by atoms with Gasteiger partial charge in [-0.3, -0.25) is 4.79 Å². The third kappa shape index (κ3) is 6.23. The normalized spacial score (nSPS) is 16.1. The molecule has 1 N–H and O–H groups in total. The molecule has 0 fully saturated rings. The van der Waals surface area contributed by atoms with E-state index in [1.165, 1.54) is 4.72 Å². The van der Waals surface area contributed by atoms with Gasteiger partial charge in [0.25, 0.3) is 0 Å². The highest BCUT2D eigenvalue weighted by Gasteiger charge is 2.46. The number of halogens is 3. The van der Waals surface area contributed by atoms with Crippen molar-refractivity contribution in [3.05, 3.63) is 0 Å². The fourth-order valence-electron chi connectivity index (χ4n) is 2.20. The van der Waals surface area contributed by atoms with E-state index in [2.05, 4.69) is 0 Å². The van der Waals surface area contributed by atoms with Gasteiger partial charge in [0.05, 0.1) is 12.0 Å². The number of nitrogens with one attached hydrogen (secondary N) is 1. The van der Waals surface area contributed by atoms with E-state index < -0.39 is 33.5 Å². The van der Waals surface area contributed by atoms with Gasteiger partial charge in [-0.25, -0.2) is 13.1 Å². The van der Waals surface area contributed by atoms with Crippen molar-refractivity contribution in [2.75, 3.05) is 13.2 Å². The Hall–Kier alpha value is -0.830. The molecule has 1 atom stereocenters. The van der Waals surface area contributed by atoms with Crippen molar-refractivity contribution in [1.82, 2.24) is 4.72 Å². The molecule has 0 aromatic heterocycles. The predicted molar refractivity (Wildman–Crippen MR) is 85.6 cm³/mol. The van der Waals surface area contributed by atoms with E-state index in [1.807, 2.05) is 41.5 Å². The molecular formula is C15H28F3NO4S. The highest BCUT2D eigenvalue weighted by atomic mass is 32.2. The van der Waals surface area contributed by atoms with E-state index in [-0.39, 0.29) is 24.4 Å². The van der Waals surface area contributed by atoms with Gasteiger partial charge in [0.15, 0.2) is 0 Å². The number of carbonyl (C=O) groups excluding carboxylic acids is 1. The molecular weight excluding hydrogens is 347 g/mol. The number of hydrogen-bond donors (Lipinski definition) is 1. The minimum atomic E-state index is -5.36. The summed E-state index contributed by atoms with van der Waals surface area (Å²) in [6.45, 7) is 11.0. The summed E-state index contributed by atoms with van der Waals surface area (Å²) < 4.78 is 64.7. The lowest BCUT2D eigenvalue weighted by Crippen LogP contribution is -2.43. The first-order valence-electron chi connectivity index (χ1n) is 7.78. The Labute approximate surface area is 142 Å². The van der Waals surface area contributed by atoms with Crippen LogP contribution in [0, 0.1) is 16.7 Å². The molecule has 5 nitrogen and oxygen atoms in total. The summed E-state index contributed by atoms with van der Waals surface area (Å²) in [4.78, 5) is 12.4. The largest absolute Gasteiger partial charge is 0.511 e. The monoisotopic (exact) mass is 375 g/mol. The zero-order valence-corrected chi connectivity index (χ0v) is 15.9. The maximum absolute atomic E-state index is 12.4. The Bertz CT molecular complexity index is 524. The van der Waals surface area contributed by atoms with Crippen molar-refractivity contribution in [1.29, 1.82) is 0 Å². The second kappa shape index (κ2) is 8.03. The first kappa shape index (κ1) is 23.2. The van der Waals surface area contributed by atoms with Crippen molar-refractivity contribution in [3.63, 3.8) is 0 Å². The molecule has 0 amide bonds. The van der Waals surface area contributed by atoms with Gasteiger partial charge in [-0.2, -0.15) is 13.2 Å². The zero-order valence-electron chi connectivity index (χ0n) is 15.1. The first-order chi connectivity index (χ1) is 10.5.